The van der Waals surface area contributed by atoms with Crippen LogP contribution in [0.1, 0.15) is 35.9 Å². The van der Waals surface area contributed by atoms with E-state index in [4.69, 9.17) is 11.5 Å². The first-order valence-electron chi connectivity index (χ1n) is 4.83. The monoisotopic (exact) mass is 225 g/mol. The van der Waals surface area contributed by atoms with Crippen LogP contribution in [-0.2, 0) is 4.79 Å². The predicted octanol–water partition coefficient (Wildman–Crippen LogP) is -0.670. The van der Waals surface area contributed by atoms with E-state index in [0.29, 0.717) is 11.4 Å². The highest BCUT2D eigenvalue weighted by Gasteiger charge is 2.18. The van der Waals surface area contributed by atoms with Gasteiger partial charge in [0.25, 0.3) is 5.91 Å². The lowest BCUT2D eigenvalue weighted by atomic mass is 10.1. The molecule has 1 rings (SSSR count). The normalized spacial score (nSPS) is 10.4. The van der Waals surface area contributed by atoms with E-state index in [1.807, 2.05) is 13.8 Å². The number of H-pyrrole nitrogens is 1. The number of rotatable bonds is 4. The quantitative estimate of drug-likeness (QED) is 0.542. The van der Waals surface area contributed by atoms with Crippen molar-refractivity contribution in [3.05, 3.63) is 11.4 Å². The van der Waals surface area contributed by atoms with Crippen LogP contribution in [0.15, 0.2) is 0 Å². The first-order chi connectivity index (χ1) is 7.43. The maximum atomic E-state index is 11.5. The van der Waals surface area contributed by atoms with Gasteiger partial charge in [-0.2, -0.15) is 5.10 Å². The fraction of sp³-hybridized carbons (Fsp3) is 0.444. The van der Waals surface area contributed by atoms with Gasteiger partial charge >= 0.3 is 0 Å². The van der Waals surface area contributed by atoms with Gasteiger partial charge in [0.05, 0.1) is 17.9 Å². The Balaban J connectivity index is 2.80. The summed E-state index contributed by atoms with van der Waals surface area (Å²) in [5.41, 5.74) is 11.7. The summed E-state index contributed by atoms with van der Waals surface area (Å²) in [5.74, 6) is -0.990. The lowest BCUT2D eigenvalue weighted by Gasteiger charge is -2.03. The summed E-state index contributed by atoms with van der Waals surface area (Å²) in [6.45, 7) is 3.62. The lowest BCUT2D eigenvalue weighted by molar-refractivity contribution is -0.117. The SMILES string of the molecule is CC(C)c1[nH]nc(C(=O)NCC(N)=O)c1N. The molecular weight excluding hydrogens is 210 g/mol. The van der Waals surface area contributed by atoms with E-state index in [1.54, 1.807) is 0 Å². The van der Waals surface area contributed by atoms with Gasteiger partial charge in [-0.05, 0) is 5.92 Å². The number of nitrogens with two attached hydrogens (primary N) is 2. The van der Waals surface area contributed by atoms with Gasteiger partial charge in [0, 0.05) is 0 Å². The summed E-state index contributed by atoms with van der Waals surface area (Å²) in [4.78, 5) is 22.0. The fourth-order valence-corrected chi connectivity index (χ4v) is 1.23. The van der Waals surface area contributed by atoms with Crippen LogP contribution in [0.25, 0.3) is 0 Å². The Morgan fingerprint density at radius 2 is 2.12 bits per heavy atom. The molecule has 0 aliphatic heterocycles. The van der Waals surface area contributed by atoms with Gasteiger partial charge < -0.3 is 16.8 Å². The number of hydrogen-bond donors (Lipinski definition) is 4. The number of nitrogen functional groups attached to an aromatic ring is 1. The van der Waals surface area contributed by atoms with E-state index < -0.39 is 11.8 Å². The molecular formula is C9H15N5O2. The second-order valence-electron chi connectivity index (χ2n) is 3.70. The Labute approximate surface area is 92.6 Å². The second kappa shape index (κ2) is 4.65. The van der Waals surface area contributed by atoms with Gasteiger partial charge in [-0.25, -0.2) is 0 Å². The molecule has 6 N–H and O–H groups in total. The highest BCUT2D eigenvalue weighted by atomic mass is 16.2. The van der Waals surface area contributed by atoms with Crippen molar-refractivity contribution in [1.82, 2.24) is 15.5 Å². The summed E-state index contributed by atoms with van der Waals surface area (Å²) in [7, 11) is 0. The minimum atomic E-state index is -0.619. The standard InChI is InChI=1S/C9H15N5O2/c1-4(2)7-6(11)8(14-13-7)9(16)12-3-5(10)15/h4H,3,11H2,1-2H3,(H2,10,15)(H,12,16)(H,13,14). The maximum absolute atomic E-state index is 11.5. The third-order valence-electron chi connectivity index (χ3n) is 2.05. The molecule has 7 nitrogen and oxygen atoms in total. The molecule has 7 heteroatoms. The maximum Gasteiger partial charge on any atom is 0.274 e. The number of nitrogens with one attached hydrogen (secondary N) is 2. The molecule has 88 valence electrons. The number of aromatic amines is 1. The first-order valence-corrected chi connectivity index (χ1v) is 4.83. The average Bonchev–Trinajstić information content (AvgIpc) is 2.56. The third kappa shape index (κ3) is 2.50. The minimum absolute atomic E-state index is 0.0879. The molecule has 0 aliphatic rings. The molecule has 16 heavy (non-hydrogen) atoms. The van der Waals surface area contributed by atoms with E-state index in [1.165, 1.54) is 0 Å². The molecule has 0 saturated carbocycles. The van der Waals surface area contributed by atoms with Crippen LogP contribution in [0.4, 0.5) is 5.69 Å². The molecule has 1 aromatic rings. The highest BCUT2D eigenvalue weighted by molar-refractivity contribution is 5.99. The first kappa shape index (κ1) is 12.0. The van der Waals surface area contributed by atoms with E-state index in [9.17, 15) is 9.59 Å². The van der Waals surface area contributed by atoms with Crippen LogP contribution in [0.3, 0.4) is 0 Å². The Hall–Kier alpha value is -2.05. The second-order valence-corrected chi connectivity index (χ2v) is 3.70. The van der Waals surface area contributed by atoms with Crippen LogP contribution >= 0.6 is 0 Å². The topological polar surface area (TPSA) is 127 Å². The Bertz CT molecular complexity index is 410. The number of primary amides is 1. The summed E-state index contributed by atoms with van der Waals surface area (Å²) in [6.07, 6.45) is 0. The van der Waals surface area contributed by atoms with E-state index in [2.05, 4.69) is 15.5 Å². The number of hydrogen-bond acceptors (Lipinski definition) is 4. The zero-order valence-corrected chi connectivity index (χ0v) is 9.20. The number of aromatic nitrogens is 2. The van der Waals surface area contributed by atoms with Crippen molar-refractivity contribution in [3.63, 3.8) is 0 Å². The smallest absolute Gasteiger partial charge is 0.274 e. The van der Waals surface area contributed by atoms with Gasteiger partial charge in [-0.1, -0.05) is 13.8 Å². The number of nitrogens with zero attached hydrogens (tertiary/aromatic N) is 1. The molecule has 0 atom stereocenters. The van der Waals surface area contributed by atoms with Crippen molar-refractivity contribution in [3.8, 4) is 0 Å². The summed E-state index contributed by atoms with van der Waals surface area (Å²) in [5, 5.41) is 8.81. The molecule has 0 aromatic carbocycles. The van der Waals surface area contributed by atoms with Crippen molar-refractivity contribution in [2.45, 2.75) is 19.8 Å². The lowest BCUT2D eigenvalue weighted by Crippen LogP contribution is -2.33. The van der Waals surface area contributed by atoms with Crippen molar-refractivity contribution in [1.29, 1.82) is 0 Å². The fourth-order valence-electron chi connectivity index (χ4n) is 1.23. The molecule has 0 aliphatic carbocycles. The largest absolute Gasteiger partial charge is 0.395 e. The number of amides is 2. The van der Waals surface area contributed by atoms with Crippen LogP contribution in [0.2, 0.25) is 0 Å². The molecule has 2 amide bonds. The minimum Gasteiger partial charge on any atom is -0.395 e. The number of carbonyl (C=O) groups excluding carboxylic acids is 2. The molecule has 1 aromatic heterocycles. The molecule has 0 spiro atoms. The molecule has 1 heterocycles. The number of anilines is 1. The van der Waals surface area contributed by atoms with Gasteiger partial charge in [0.2, 0.25) is 5.91 Å². The van der Waals surface area contributed by atoms with Gasteiger partial charge in [0.15, 0.2) is 5.69 Å². The highest BCUT2D eigenvalue weighted by Crippen LogP contribution is 2.21. The molecule has 0 bridgehead atoms. The summed E-state index contributed by atoms with van der Waals surface area (Å²) >= 11 is 0. The van der Waals surface area contributed by atoms with E-state index in [-0.39, 0.29) is 18.2 Å². The third-order valence-corrected chi connectivity index (χ3v) is 2.05. The zero-order chi connectivity index (χ0) is 12.3. The molecule has 0 fully saturated rings. The van der Waals surface area contributed by atoms with Crippen LogP contribution in [0.5, 0.6) is 0 Å². The van der Waals surface area contributed by atoms with Gasteiger partial charge in [0.1, 0.15) is 0 Å². The Morgan fingerprint density at radius 1 is 1.50 bits per heavy atom. The number of carbonyl (C=O) groups is 2. The predicted molar refractivity (Wildman–Crippen MR) is 58.6 cm³/mol. The summed E-state index contributed by atoms with van der Waals surface area (Å²) < 4.78 is 0. The average molecular weight is 225 g/mol. The van der Waals surface area contributed by atoms with Crippen molar-refractivity contribution < 1.29 is 9.59 Å². The van der Waals surface area contributed by atoms with Crippen molar-refractivity contribution in [2.24, 2.45) is 5.73 Å². The van der Waals surface area contributed by atoms with Crippen LogP contribution in [0, 0.1) is 0 Å². The van der Waals surface area contributed by atoms with Crippen molar-refractivity contribution in [2.75, 3.05) is 12.3 Å². The zero-order valence-electron chi connectivity index (χ0n) is 9.20. The molecule has 0 saturated heterocycles. The summed E-state index contributed by atoms with van der Waals surface area (Å²) in [6, 6.07) is 0. The van der Waals surface area contributed by atoms with Gasteiger partial charge in [-0.15, -0.1) is 0 Å². The Kier molecular flexibility index (Phi) is 3.49. The van der Waals surface area contributed by atoms with Crippen LogP contribution in [-0.4, -0.2) is 28.6 Å². The Morgan fingerprint density at radius 3 is 2.56 bits per heavy atom. The van der Waals surface area contributed by atoms with Gasteiger partial charge in [-0.3, -0.25) is 14.7 Å². The molecule has 0 unspecified atom stereocenters. The van der Waals surface area contributed by atoms with Crippen LogP contribution < -0.4 is 16.8 Å². The van der Waals surface area contributed by atoms with E-state index in [0.717, 1.165) is 0 Å². The molecule has 0 radical (unpaired) electrons. The van der Waals surface area contributed by atoms with E-state index >= 15 is 0 Å². The van der Waals surface area contributed by atoms with Crippen molar-refractivity contribution >= 4 is 17.5 Å².